The summed E-state index contributed by atoms with van der Waals surface area (Å²) in [5.41, 5.74) is 6.59. The first-order valence-corrected chi connectivity index (χ1v) is 6.97. The quantitative estimate of drug-likeness (QED) is 0.633. The zero-order valence-corrected chi connectivity index (χ0v) is 12.6. The summed E-state index contributed by atoms with van der Waals surface area (Å²) in [5, 5.41) is 0. The summed E-state index contributed by atoms with van der Waals surface area (Å²) >= 11 is 0. The zero-order valence-electron chi connectivity index (χ0n) is 12.6. The van der Waals surface area contributed by atoms with Crippen LogP contribution in [0, 0.1) is 5.82 Å². The van der Waals surface area contributed by atoms with E-state index in [4.69, 9.17) is 24.7 Å². The summed E-state index contributed by atoms with van der Waals surface area (Å²) in [6, 6.07) is 4.14. The molecule has 1 aromatic rings. The van der Waals surface area contributed by atoms with Crippen molar-refractivity contribution >= 4 is 0 Å². The van der Waals surface area contributed by atoms with Crippen molar-refractivity contribution in [1.82, 2.24) is 0 Å². The Morgan fingerprint density at radius 3 is 2.29 bits per heavy atom. The highest BCUT2D eigenvalue weighted by Crippen LogP contribution is 2.24. The van der Waals surface area contributed by atoms with E-state index in [1.807, 2.05) is 6.92 Å². The Morgan fingerprint density at radius 2 is 1.67 bits per heavy atom. The number of ether oxygens (including phenoxy) is 4. The molecule has 0 radical (unpaired) electrons. The number of hydrogen-bond acceptors (Lipinski definition) is 5. The molecule has 1 aromatic carbocycles. The molecule has 1 rings (SSSR count). The summed E-state index contributed by atoms with van der Waals surface area (Å²) in [5.74, 6) is 0.117. The maximum Gasteiger partial charge on any atom is 0.127 e. The Balaban J connectivity index is 2.19. The second kappa shape index (κ2) is 10.5. The second-order valence-corrected chi connectivity index (χ2v) is 4.54. The van der Waals surface area contributed by atoms with Crippen LogP contribution in [0.2, 0.25) is 0 Å². The molecule has 0 spiro atoms. The molecule has 0 aliphatic carbocycles. The van der Waals surface area contributed by atoms with E-state index in [0.717, 1.165) is 5.56 Å². The van der Waals surface area contributed by atoms with E-state index in [-0.39, 0.29) is 11.9 Å². The molecule has 0 heterocycles. The SMILES string of the molecule is COCCOCCOCCOc1cc(F)ccc1[C@H](C)N. The summed E-state index contributed by atoms with van der Waals surface area (Å²) in [4.78, 5) is 0. The molecule has 21 heavy (non-hydrogen) atoms. The fraction of sp³-hybridized carbons (Fsp3) is 0.600. The molecule has 0 aliphatic heterocycles. The predicted molar refractivity (Wildman–Crippen MR) is 78.0 cm³/mol. The molecule has 1 atom stereocenters. The normalized spacial score (nSPS) is 12.4. The minimum atomic E-state index is -0.345. The van der Waals surface area contributed by atoms with Crippen molar-refractivity contribution in [2.45, 2.75) is 13.0 Å². The molecule has 6 heteroatoms. The predicted octanol–water partition coefficient (Wildman–Crippen LogP) is 1.90. The van der Waals surface area contributed by atoms with Crippen molar-refractivity contribution in [3.8, 4) is 5.75 Å². The van der Waals surface area contributed by atoms with Gasteiger partial charge >= 0.3 is 0 Å². The number of hydrogen-bond donors (Lipinski definition) is 1. The summed E-state index contributed by atoms with van der Waals surface area (Å²) in [6.07, 6.45) is 0. The third-order valence-corrected chi connectivity index (χ3v) is 2.76. The van der Waals surface area contributed by atoms with Gasteiger partial charge in [-0.2, -0.15) is 0 Å². The second-order valence-electron chi connectivity index (χ2n) is 4.54. The van der Waals surface area contributed by atoms with Gasteiger partial charge in [-0.05, 0) is 13.0 Å². The molecule has 0 saturated heterocycles. The first-order valence-electron chi connectivity index (χ1n) is 6.97. The van der Waals surface area contributed by atoms with Crippen molar-refractivity contribution in [2.24, 2.45) is 5.73 Å². The maximum atomic E-state index is 13.2. The van der Waals surface area contributed by atoms with Gasteiger partial charge in [0.2, 0.25) is 0 Å². The summed E-state index contributed by atoms with van der Waals surface area (Å²) in [7, 11) is 1.63. The van der Waals surface area contributed by atoms with Gasteiger partial charge in [-0.15, -0.1) is 0 Å². The van der Waals surface area contributed by atoms with Crippen LogP contribution in [-0.2, 0) is 14.2 Å². The van der Waals surface area contributed by atoms with Crippen molar-refractivity contribution in [1.29, 1.82) is 0 Å². The monoisotopic (exact) mass is 301 g/mol. The Labute approximate surface area is 125 Å². The highest BCUT2D eigenvalue weighted by Gasteiger charge is 2.09. The summed E-state index contributed by atoms with van der Waals surface area (Å²) in [6.45, 7) is 4.68. The minimum Gasteiger partial charge on any atom is -0.491 e. The van der Waals surface area contributed by atoms with Crippen LogP contribution < -0.4 is 10.5 Å². The first-order chi connectivity index (χ1) is 10.1. The third-order valence-electron chi connectivity index (χ3n) is 2.76. The number of methoxy groups -OCH3 is 1. The van der Waals surface area contributed by atoms with Crippen LogP contribution in [0.25, 0.3) is 0 Å². The smallest absolute Gasteiger partial charge is 0.127 e. The van der Waals surface area contributed by atoms with Crippen molar-refractivity contribution in [3.63, 3.8) is 0 Å². The van der Waals surface area contributed by atoms with Gasteiger partial charge in [0.1, 0.15) is 18.2 Å². The van der Waals surface area contributed by atoms with Gasteiger partial charge in [0.05, 0.1) is 33.0 Å². The van der Waals surface area contributed by atoms with Gasteiger partial charge in [-0.1, -0.05) is 6.07 Å². The van der Waals surface area contributed by atoms with Crippen molar-refractivity contribution in [2.75, 3.05) is 46.8 Å². The molecule has 0 unspecified atom stereocenters. The average molecular weight is 301 g/mol. The lowest BCUT2D eigenvalue weighted by atomic mass is 10.1. The van der Waals surface area contributed by atoms with Crippen molar-refractivity contribution < 1.29 is 23.3 Å². The van der Waals surface area contributed by atoms with Gasteiger partial charge in [0.15, 0.2) is 0 Å². The van der Waals surface area contributed by atoms with Crippen LogP contribution in [0.3, 0.4) is 0 Å². The molecule has 5 nitrogen and oxygen atoms in total. The van der Waals surface area contributed by atoms with Crippen LogP contribution in [0.5, 0.6) is 5.75 Å². The van der Waals surface area contributed by atoms with E-state index >= 15 is 0 Å². The van der Waals surface area contributed by atoms with E-state index < -0.39 is 0 Å². The van der Waals surface area contributed by atoms with Crippen LogP contribution in [0.1, 0.15) is 18.5 Å². The molecular weight excluding hydrogens is 277 g/mol. The van der Waals surface area contributed by atoms with E-state index in [9.17, 15) is 4.39 Å². The molecule has 0 aliphatic rings. The van der Waals surface area contributed by atoms with Gasteiger partial charge in [-0.25, -0.2) is 4.39 Å². The van der Waals surface area contributed by atoms with E-state index in [2.05, 4.69) is 0 Å². The molecule has 0 aromatic heterocycles. The Morgan fingerprint density at radius 1 is 1.05 bits per heavy atom. The topological polar surface area (TPSA) is 62.9 Å². The van der Waals surface area contributed by atoms with Crippen LogP contribution in [0.4, 0.5) is 4.39 Å². The minimum absolute atomic E-state index is 0.212. The third kappa shape index (κ3) is 7.38. The molecule has 120 valence electrons. The van der Waals surface area contributed by atoms with Crippen LogP contribution >= 0.6 is 0 Å². The van der Waals surface area contributed by atoms with Gasteiger partial charge in [-0.3, -0.25) is 0 Å². The molecule has 2 N–H and O–H groups in total. The van der Waals surface area contributed by atoms with E-state index in [0.29, 0.717) is 45.4 Å². The van der Waals surface area contributed by atoms with Crippen LogP contribution in [-0.4, -0.2) is 46.8 Å². The van der Waals surface area contributed by atoms with E-state index in [1.165, 1.54) is 12.1 Å². The highest BCUT2D eigenvalue weighted by molar-refractivity contribution is 5.36. The molecule has 0 fully saturated rings. The lowest BCUT2D eigenvalue weighted by molar-refractivity contribution is 0.0179. The molecule has 0 bridgehead atoms. The van der Waals surface area contributed by atoms with Gasteiger partial charge in [0.25, 0.3) is 0 Å². The largest absolute Gasteiger partial charge is 0.491 e. The molecule has 0 amide bonds. The lowest BCUT2D eigenvalue weighted by Gasteiger charge is -2.14. The molecular formula is C15H24FNO4. The lowest BCUT2D eigenvalue weighted by Crippen LogP contribution is -2.14. The van der Waals surface area contributed by atoms with Gasteiger partial charge < -0.3 is 24.7 Å². The number of benzene rings is 1. The van der Waals surface area contributed by atoms with Crippen molar-refractivity contribution in [3.05, 3.63) is 29.6 Å². The fourth-order valence-electron chi connectivity index (χ4n) is 1.68. The zero-order chi connectivity index (χ0) is 15.5. The number of halogens is 1. The highest BCUT2D eigenvalue weighted by atomic mass is 19.1. The number of rotatable bonds is 11. The fourth-order valence-corrected chi connectivity index (χ4v) is 1.68. The molecule has 0 saturated carbocycles. The Bertz CT molecular complexity index is 401. The Kier molecular flexibility index (Phi) is 8.93. The van der Waals surface area contributed by atoms with E-state index in [1.54, 1.807) is 13.2 Å². The standard InChI is InChI=1S/C15H24FNO4/c1-12(17)14-4-3-13(16)11-15(14)21-10-9-20-8-7-19-6-5-18-2/h3-4,11-12H,5-10,17H2,1-2H3/t12-/m0/s1. The maximum absolute atomic E-state index is 13.2. The summed E-state index contributed by atoms with van der Waals surface area (Å²) < 4.78 is 34.2. The Hall–Kier alpha value is -1.21. The van der Waals surface area contributed by atoms with Crippen LogP contribution in [0.15, 0.2) is 18.2 Å². The van der Waals surface area contributed by atoms with Gasteiger partial charge in [0, 0.05) is 24.8 Å². The number of nitrogens with two attached hydrogens (primary N) is 1. The first kappa shape index (κ1) is 17.8. The average Bonchev–Trinajstić information content (AvgIpc) is 2.45.